The molecule has 0 radical (unpaired) electrons. The average molecular weight is 435 g/mol. The summed E-state index contributed by atoms with van der Waals surface area (Å²) in [6.07, 6.45) is 4.45. The van der Waals surface area contributed by atoms with Crippen molar-refractivity contribution in [3.8, 4) is 23.0 Å². The summed E-state index contributed by atoms with van der Waals surface area (Å²) in [5, 5.41) is 0. The molecule has 3 aromatic rings. The van der Waals surface area contributed by atoms with Crippen LogP contribution in [0.5, 0.6) is 23.0 Å². The Hall–Kier alpha value is -3.61. The average Bonchev–Trinajstić information content (AvgIpc) is 3.41. The highest BCUT2D eigenvalue weighted by molar-refractivity contribution is 5.71. The fourth-order valence-electron chi connectivity index (χ4n) is 4.34. The van der Waals surface area contributed by atoms with E-state index in [-0.39, 0.29) is 24.1 Å². The van der Waals surface area contributed by atoms with E-state index < -0.39 is 6.10 Å². The molecule has 164 valence electrons. The molecule has 0 unspecified atom stereocenters. The second-order valence-corrected chi connectivity index (χ2v) is 7.86. The fourth-order valence-corrected chi connectivity index (χ4v) is 4.34. The number of esters is 1. The third kappa shape index (κ3) is 3.86. The molecule has 0 N–H and O–H groups in total. The monoisotopic (exact) mass is 435 g/mol. The highest BCUT2D eigenvalue weighted by atomic mass is 19.1. The van der Waals surface area contributed by atoms with Crippen LogP contribution in [0.25, 0.3) is 0 Å². The summed E-state index contributed by atoms with van der Waals surface area (Å²) in [5.41, 5.74) is 2.30. The first-order chi connectivity index (χ1) is 15.6. The molecule has 0 fully saturated rings. The van der Waals surface area contributed by atoms with Gasteiger partial charge >= 0.3 is 5.97 Å². The number of ether oxygens (including phenoxy) is 4. The van der Waals surface area contributed by atoms with E-state index in [9.17, 15) is 9.18 Å². The van der Waals surface area contributed by atoms with Gasteiger partial charge in [-0.1, -0.05) is 6.07 Å². The van der Waals surface area contributed by atoms with Crippen molar-refractivity contribution in [1.82, 2.24) is 4.98 Å². The lowest BCUT2D eigenvalue weighted by Gasteiger charge is -2.17. The number of nitrogens with zero attached hydrogens (tertiary/aromatic N) is 1. The van der Waals surface area contributed by atoms with Gasteiger partial charge in [-0.15, -0.1) is 0 Å². The second kappa shape index (κ2) is 8.49. The molecule has 0 amide bonds. The van der Waals surface area contributed by atoms with Gasteiger partial charge in [0.05, 0.1) is 20.1 Å². The number of carbonyl (C=O) groups excluding carboxylic acids is 1. The van der Waals surface area contributed by atoms with E-state index >= 15 is 0 Å². The van der Waals surface area contributed by atoms with Gasteiger partial charge in [-0.25, -0.2) is 4.39 Å². The van der Waals surface area contributed by atoms with Crippen molar-refractivity contribution in [2.75, 3.05) is 13.7 Å². The molecule has 0 bridgehead atoms. The molecule has 6 nitrogen and oxygen atoms in total. The molecule has 7 heteroatoms. The smallest absolute Gasteiger partial charge is 0.306 e. The first kappa shape index (κ1) is 20.3. The number of rotatable bonds is 6. The van der Waals surface area contributed by atoms with Crippen LogP contribution in [0.15, 0.2) is 54.9 Å². The predicted octanol–water partition coefficient (Wildman–Crippen LogP) is 5.12. The topological polar surface area (TPSA) is 66.9 Å². The Morgan fingerprint density at radius 3 is 2.81 bits per heavy atom. The Labute approximate surface area is 184 Å². The molecule has 1 aliphatic carbocycles. The Balaban J connectivity index is 1.35. The molecule has 0 saturated carbocycles. The second-order valence-electron chi connectivity index (χ2n) is 7.86. The summed E-state index contributed by atoms with van der Waals surface area (Å²) < 4.78 is 37.4. The van der Waals surface area contributed by atoms with E-state index in [1.807, 2.05) is 12.1 Å². The lowest BCUT2D eigenvalue weighted by atomic mass is 9.98. The van der Waals surface area contributed by atoms with Crippen molar-refractivity contribution in [1.29, 1.82) is 0 Å². The van der Waals surface area contributed by atoms with Crippen molar-refractivity contribution >= 4 is 5.97 Å². The summed E-state index contributed by atoms with van der Waals surface area (Å²) in [5.74, 6) is 1.95. The minimum atomic E-state index is -0.420. The minimum Gasteiger partial charge on any atom is -0.492 e. The van der Waals surface area contributed by atoms with Crippen LogP contribution < -0.4 is 14.2 Å². The van der Waals surface area contributed by atoms with Crippen LogP contribution in [0.3, 0.4) is 0 Å². The van der Waals surface area contributed by atoms with Crippen LogP contribution in [0.2, 0.25) is 0 Å². The van der Waals surface area contributed by atoms with Gasteiger partial charge in [0.2, 0.25) is 0 Å². The number of benzene rings is 2. The van der Waals surface area contributed by atoms with Crippen LogP contribution >= 0.6 is 0 Å². The van der Waals surface area contributed by atoms with Gasteiger partial charge in [0.1, 0.15) is 34.9 Å². The van der Waals surface area contributed by atoms with Gasteiger partial charge in [0.25, 0.3) is 0 Å². The number of hydrogen-bond donors (Lipinski definition) is 0. The van der Waals surface area contributed by atoms with Crippen LogP contribution in [0.1, 0.15) is 41.6 Å². The molecule has 2 atom stereocenters. The van der Waals surface area contributed by atoms with Gasteiger partial charge in [-0.05, 0) is 43.2 Å². The third-order valence-electron chi connectivity index (χ3n) is 5.90. The highest BCUT2D eigenvalue weighted by Crippen LogP contribution is 2.44. The van der Waals surface area contributed by atoms with Gasteiger partial charge < -0.3 is 18.9 Å². The maximum Gasteiger partial charge on any atom is 0.306 e. The minimum absolute atomic E-state index is 0.0379. The van der Waals surface area contributed by atoms with E-state index in [1.54, 1.807) is 36.7 Å². The normalized spacial score (nSPS) is 18.4. The Morgan fingerprint density at radius 1 is 1.16 bits per heavy atom. The third-order valence-corrected chi connectivity index (χ3v) is 5.90. The van der Waals surface area contributed by atoms with E-state index in [0.29, 0.717) is 48.0 Å². The molecule has 2 heterocycles. The largest absolute Gasteiger partial charge is 0.492 e. The van der Waals surface area contributed by atoms with E-state index in [1.165, 1.54) is 13.2 Å². The molecule has 2 aliphatic rings. The van der Waals surface area contributed by atoms with E-state index in [4.69, 9.17) is 18.9 Å². The molecular weight excluding hydrogens is 413 g/mol. The Bertz CT molecular complexity index is 1150. The highest BCUT2D eigenvalue weighted by Gasteiger charge is 2.32. The molecule has 0 saturated heterocycles. The standard InChI is InChI=1S/C25H22FNO5/c1-29-24(28)12-15-14-30-23-13-17(2-3-18(15)23)32-22-6-4-19-21(7-5-20(26)25(19)22)31-16-8-10-27-11-9-16/h2-3,5,7-11,13,15,22H,4,6,12,14H2,1H3/t15-,22-/m1/s1. The van der Waals surface area contributed by atoms with Crippen molar-refractivity contribution in [3.63, 3.8) is 0 Å². The predicted molar refractivity (Wildman–Crippen MR) is 114 cm³/mol. The zero-order valence-electron chi connectivity index (χ0n) is 17.5. The summed E-state index contributed by atoms with van der Waals surface area (Å²) in [4.78, 5) is 15.6. The van der Waals surface area contributed by atoms with Gasteiger partial charge in [0.15, 0.2) is 0 Å². The summed E-state index contributed by atoms with van der Waals surface area (Å²) in [6, 6.07) is 12.1. The van der Waals surface area contributed by atoms with E-state index in [2.05, 4.69) is 4.98 Å². The number of halogens is 1. The van der Waals surface area contributed by atoms with Crippen molar-refractivity contribution in [2.24, 2.45) is 0 Å². The molecule has 5 rings (SSSR count). The molecular formula is C25H22FNO5. The maximum atomic E-state index is 14.8. The van der Waals surface area contributed by atoms with Gasteiger partial charge in [-0.3, -0.25) is 9.78 Å². The lowest BCUT2D eigenvalue weighted by molar-refractivity contribution is -0.141. The number of fused-ring (bicyclic) bond motifs is 2. The van der Waals surface area contributed by atoms with Crippen molar-refractivity contribution < 1.29 is 28.1 Å². The fraction of sp³-hybridized carbons (Fsp3) is 0.280. The molecule has 32 heavy (non-hydrogen) atoms. The zero-order valence-corrected chi connectivity index (χ0v) is 17.5. The van der Waals surface area contributed by atoms with Gasteiger partial charge in [0, 0.05) is 41.1 Å². The number of hydrogen-bond acceptors (Lipinski definition) is 6. The van der Waals surface area contributed by atoms with Crippen molar-refractivity contribution in [2.45, 2.75) is 31.3 Å². The summed E-state index contributed by atoms with van der Waals surface area (Å²) in [6.45, 7) is 0.421. The number of carbonyl (C=O) groups is 1. The van der Waals surface area contributed by atoms with E-state index in [0.717, 1.165) is 11.1 Å². The quantitative estimate of drug-likeness (QED) is 0.501. The van der Waals surface area contributed by atoms with Crippen LogP contribution in [-0.2, 0) is 16.0 Å². The first-order valence-corrected chi connectivity index (χ1v) is 10.5. The van der Waals surface area contributed by atoms with Crippen LogP contribution in [-0.4, -0.2) is 24.7 Å². The SMILES string of the molecule is COC(=O)C[C@@H]1COc2cc(O[C@@H]3CCc4c(Oc5ccncc5)ccc(F)c43)ccc21. The Kier molecular flexibility index (Phi) is 5.39. The molecule has 1 aromatic heterocycles. The number of methoxy groups -OCH3 is 1. The van der Waals surface area contributed by atoms with Gasteiger partial charge in [-0.2, -0.15) is 0 Å². The molecule has 2 aromatic carbocycles. The first-order valence-electron chi connectivity index (χ1n) is 10.5. The number of pyridine rings is 1. The lowest BCUT2D eigenvalue weighted by Crippen LogP contribution is -2.09. The van der Waals surface area contributed by atoms with Crippen molar-refractivity contribution in [3.05, 3.63) is 77.4 Å². The van der Waals surface area contributed by atoms with Crippen LogP contribution in [0.4, 0.5) is 4.39 Å². The number of aromatic nitrogens is 1. The van der Waals surface area contributed by atoms with Crippen LogP contribution in [0, 0.1) is 5.82 Å². The maximum absolute atomic E-state index is 14.8. The summed E-state index contributed by atoms with van der Waals surface area (Å²) in [7, 11) is 1.38. The summed E-state index contributed by atoms with van der Waals surface area (Å²) >= 11 is 0. The Morgan fingerprint density at radius 2 is 2.00 bits per heavy atom. The zero-order chi connectivity index (χ0) is 22.1. The molecule has 0 spiro atoms. The molecule has 1 aliphatic heterocycles.